The molecule has 0 spiro atoms. The summed E-state index contributed by atoms with van der Waals surface area (Å²) < 4.78 is 0. The van der Waals surface area contributed by atoms with Gasteiger partial charge in [0.2, 0.25) is 0 Å². The fourth-order valence-electron chi connectivity index (χ4n) is 3.16. The van der Waals surface area contributed by atoms with Crippen molar-refractivity contribution in [3.63, 3.8) is 0 Å². The molecule has 1 aliphatic rings. The van der Waals surface area contributed by atoms with Crippen molar-refractivity contribution in [1.82, 2.24) is 24.8 Å². The molecule has 0 bridgehead atoms. The third-order valence-electron chi connectivity index (χ3n) is 4.25. The van der Waals surface area contributed by atoms with Gasteiger partial charge in [0.15, 0.2) is 10.9 Å². The van der Waals surface area contributed by atoms with Crippen LogP contribution in [0.4, 0.5) is 10.9 Å². The topological polar surface area (TPSA) is 66.8 Å². The summed E-state index contributed by atoms with van der Waals surface area (Å²) in [4.78, 5) is 21.7. The first-order valence-electron chi connectivity index (χ1n) is 8.34. The number of hydrogen-bond acceptors (Lipinski definition) is 8. The van der Waals surface area contributed by atoms with Gasteiger partial charge in [-0.15, -0.1) is 22.7 Å². The van der Waals surface area contributed by atoms with Crippen molar-refractivity contribution in [3.8, 4) is 0 Å². The van der Waals surface area contributed by atoms with E-state index in [9.17, 15) is 0 Å². The third-order valence-corrected chi connectivity index (χ3v) is 5.90. The van der Waals surface area contributed by atoms with Crippen LogP contribution < -0.4 is 5.32 Å². The fraction of sp³-hybridized carbons (Fsp3) is 0.412. The molecule has 1 N–H and O–H groups in total. The summed E-state index contributed by atoms with van der Waals surface area (Å²) in [6.07, 6.45) is 7.78. The minimum Gasteiger partial charge on any atom is -0.315 e. The maximum atomic E-state index is 4.79. The number of nitrogens with one attached hydrogen (secondary N) is 1. The normalized spacial score (nSPS) is 17.9. The van der Waals surface area contributed by atoms with Gasteiger partial charge in [-0.05, 0) is 33.2 Å². The molecular formula is C17H20N6S2. The number of aromatic nitrogens is 4. The monoisotopic (exact) mass is 372 g/mol. The lowest BCUT2D eigenvalue weighted by atomic mass is 10.1. The van der Waals surface area contributed by atoms with Crippen LogP contribution in [0.1, 0.15) is 40.2 Å². The molecule has 3 aromatic rings. The SMILES string of the molecule is Cc1cnc(Nc2cncc(C3CCCN3Cc3csc(C)n3)n2)s1. The van der Waals surface area contributed by atoms with E-state index in [2.05, 4.69) is 37.5 Å². The maximum Gasteiger partial charge on any atom is 0.188 e. The van der Waals surface area contributed by atoms with Crippen molar-refractivity contribution in [2.75, 3.05) is 11.9 Å². The second-order valence-corrected chi connectivity index (χ2v) is 8.51. The van der Waals surface area contributed by atoms with Crippen molar-refractivity contribution in [2.45, 2.75) is 39.3 Å². The van der Waals surface area contributed by atoms with Gasteiger partial charge in [-0.2, -0.15) is 0 Å². The van der Waals surface area contributed by atoms with E-state index in [4.69, 9.17) is 4.98 Å². The van der Waals surface area contributed by atoms with Crippen LogP contribution in [0.25, 0.3) is 0 Å². The summed E-state index contributed by atoms with van der Waals surface area (Å²) in [6, 6.07) is 0.300. The lowest BCUT2D eigenvalue weighted by Gasteiger charge is -2.23. The van der Waals surface area contributed by atoms with Crippen LogP contribution in [0.5, 0.6) is 0 Å². The van der Waals surface area contributed by atoms with Crippen LogP contribution in [-0.4, -0.2) is 31.4 Å². The van der Waals surface area contributed by atoms with E-state index in [1.165, 1.54) is 11.3 Å². The largest absolute Gasteiger partial charge is 0.315 e. The molecule has 1 aliphatic heterocycles. The van der Waals surface area contributed by atoms with Crippen molar-refractivity contribution >= 4 is 33.6 Å². The highest BCUT2D eigenvalue weighted by Gasteiger charge is 2.28. The first-order chi connectivity index (χ1) is 12.2. The number of aryl methyl sites for hydroxylation is 2. The van der Waals surface area contributed by atoms with Gasteiger partial charge in [0.1, 0.15) is 0 Å². The Balaban J connectivity index is 1.50. The molecule has 3 aromatic heterocycles. The molecule has 4 heterocycles. The number of anilines is 2. The van der Waals surface area contributed by atoms with E-state index in [1.54, 1.807) is 28.9 Å². The zero-order chi connectivity index (χ0) is 17.2. The van der Waals surface area contributed by atoms with Crippen molar-refractivity contribution in [2.24, 2.45) is 0 Å². The molecule has 1 fully saturated rings. The van der Waals surface area contributed by atoms with E-state index < -0.39 is 0 Å². The number of thiazole rings is 2. The van der Waals surface area contributed by atoms with Crippen molar-refractivity contribution in [1.29, 1.82) is 0 Å². The first kappa shape index (κ1) is 16.6. The molecule has 25 heavy (non-hydrogen) atoms. The highest BCUT2D eigenvalue weighted by Crippen LogP contribution is 2.32. The van der Waals surface area contributed by atoms with E-state index in [0.717, 1.165) is 46.9 Å². The summed E-state index contributed by atoms with van der Waals surface area (Å²) in [5.74, 6) is 0.753. The molecule has 8 heteroatoms. The van der Waals surface area contributed by atoms with E-state index in [1.807, 2.05) is 19.3 Å². The lowest BCUT2D eigenvalue weighted by molar-refractivity contribution is 0.241. The molecule has 0 saturated carbocycles. The van der Waals surface area contributed by atoms with Gasteiger partial charge >= 0.3 is 0 Å². The molecule has 130 valence electrons. The highest BCUT2D eigenvalue weighted by atomic mass is 32.1. The van der Waals surface area contributed by atoms with Crippen LogP contribution in [0.2, 0.25) is 0 Å². The second kappa shape index (κ2) is 7.15. The Hall–Kier alpha value is -1.90. The highest BCUT2D eigenvalue weighted by molar-refractivity contribution is 7.15. The van der Waals surface area contributed by atoms with Gasteiger partial charge in [0.05, 0.1) is 34.8 Å². The van der Waals surface area contributed by atoms with Gasteiger partial charge in [0, 0.05) is 23.0 Å². The summed E-state index contributed by atoms with van der Waals surface area (Å²) in [7, 11) is 0. The summed E-state index contributed by atoms with van der Waals surface area (Å²) >= 11 is 3.33. The predicted octanol–water partition coefficient (Wildman–Crippen LogP) is 4.09. The number of hydrogen-bond donors (Lipinski definition) is 1. The number of rotatable bonds is 5. The average molecular weight is 373 g/mol. The van der Waals surface area contributed by atoms with Crippen LogP contribution in [0.15, 0.2) is 24.0 Å². The Kier molecular flexibility index (Phi) is 4.74. The standard InChI is InChI=1S/C17H20N6S2/c1-11-6-19-17(25-11)22-16-8-18-7-14(21-16)15-4-3-5-23(15)9-13-10-24-12(2)20-13/h6-8,10,15H,3-5,9H2,1-2H3,(H,19,21,22). The van der Waals surface area contributed by atoms with E-state index in [-0.39, 0.29) is 0 Å². The van der Waals surface area contributed by atoms with Gasteiger partial charge in [-0.3, -0.25) is 9.88 Å². The van der Waals surface area contributed by atoms with E-state index >= 15 is 0 Å². The zero-order valence-electron chi connectivity index (χ0n) is 14.3. The Morgan fingerprint density at radius 1 is 1.24 bits per heavy atom. The van der Waals surface area contributed by atoms with Gasteiger partial charge < -0.3 is 5.32 Å². The van der Waals surface area contributed by atoms with Crippen LogP contribution in [-0.2, 0) is 6.54 Å². The summed E-state index contributed by atoms with van der Waals surface area (Å²) in [5, 5.41) is 7.39. The quantitative estimate of drug-likeness (QED) is 0.728. The van der Waals surface area contributed by atoms with Crippen molar-refractivity contribution < 1.29 is 0 Å². The van der Waals surface area contributed by atoms with Crippen LogP contribution in [0.3, 0.4) is 0 Å². The first-order valence-corrected chi connectivity index (χ1v) is 10.0. The molecule has 4 rings (SSSR count). The second-order valence-electron chi connectivity index (χ2n) is 6.22. The van der Waals surface area contributed by atoms with Gasteiger partial charge in [-0.1, -0.05) is 0 Å². The number of likely N-dealkylation sites (tertiary alicyclic amines) is 1. The third kappa shape index (κ3) is 3.86. The minimum atomic E-state index is 0.300. The molecule has 1 atom stereocenters. The molecule has 0 amide bonds. The fourth-order valence-corrected chi connectivity index (χ4v) is 4.44. The Morgan fingerprint density at radius 2 is 2.16 bits per heavy atom. The lowest BCUT2D eigenvalue weighted by Crippen LogP contribution is -2.24. The molecule has 0 aromatic carbocycles. The Labute approximate surface area is 155 Å². The molecule has 0 radical (unpaired) electrons. The van der Waals surface area contributed by atoms with Crippen LogP contribution >= 0.6 is 22.7 Å². The Bertz CT molecular complexity index is 858. The smallest absolute Gasteiger partial charge is 0.188 e. The summed E-state index contributed by atoms with van der Waals surface area (Å²) in [5.41, 5.74) is 2.16. The molecule has 1 unspecified atom stereocenters. The van der Waals surface area contributed by atoms with Gasteiger partial charge in [-0.25, -0.2) is 15.0 Å². The average Bonchev–Trinajstić information content (AvgIpc) is 3.31. The Morgan fingerprint density at radius 3 is 2.92 bits per heavy atom. The van der Waals surface area contributed by atoms with Crippen molar-refractivity contribution in [3.05, 3.63) is 45.2 Å². The molecule has 0 aliphatic carbocycles. The maximum absolute atomic E-state index is 4.79. The predicted molar refractivity (Wildman–Crippen MR) is 101 cm³/mol. The molecular weight excluding hydrogens is 352 g/mol. The minimum absolute atomic E-state index is 0.300. The van der Waals surface area contributed by atoms with E-state index in [0.29, 0.717) is 6.04 Å². The van der Waals surface area contributed by atoms with Crippen LogP contribution in [0, 0.1) is 13.8 Å². The molecule has 1 saturated heterocycles. The number of nitrogens with zero attached hydrogens (tertiary/aromatic N) is 5. The van der Waals surface area contributed by atoms with Gasteiger partial charge in [0.25, 0.3) is 0 Å². The molecule has 6 nitrogen and oxygen atoms in total. The zero-order valence-corrected chi connectivity index (χ0v) is 15.9. The summed E-state index contributed by atoms with van der Waals surface area (Å²) in [6.45, 7) is 6.05.